The molecule has 1 heterocycles. The summed E-state index contributed by atoms with van der Waals surface area (Å²) in [4.78, 5) is 15.3. The van der Waals surface area contributed by atoms with E-state index < -0.39 is 17.7 Å². The van der Waals surface area contributed by atoms with Gasteiger partial charge in [-0.2, -0.15) is 0 Å². The lowest BCUT2D eigenvalue weighted by Gasteiger charge is -2.50. The van der Waals surface area contributed by atoms with E-state index in [0.717, 1.165) is 25.5 Å². The summed E-state index contributed by atoms with van der Waals surface area (Å²) >= 11 is 5.81. The number of carbonyl (C=O) groups is 1. The van der Waals surface area contributed by atoms with Crippen molar-refractivity contribution in [1.29, 1.82) is 0 Å². The predicted molar refractivity (Wildman–Crippen MR) is 77.7 cm³/mol. The Hall–Kier alpha value is -1.36. The van der Waals surface area contributed by atoms with E-state index in [9.17, 15) is 14.3 Å². The second-order valence-corrected chi connectivity index (χ2v) is 6.62. The van der Waals surface area contributed by atoms with E-state index in [-0.39, 0.29) is 28.7 Å². The number of carboxylic acids is 1. The summed E-state index contributed by atoms with van der Waals surface area (Å²) in [6.45, 7) is 2.15. The maximum Gasteiger partial charge on any atom is 0.308 e. The van der Waals surface area contributed by atoms with Crippen molar-refractivity contribution in [1.82, 2.24) is 4.98 Å². The van der Waals surface area contributed by atoms with Gasteiger partial charge < -0.3 is 10.4 Å². The van der Waals surface area contributed by atoms with Crippen molar-refractivity contribution in [3.05, 3.63) is 23.2 Å². The Morgan fingerprint density at radius 2 is 2.29 bits per heavy atom. The number of halogens is 2. The van der Waals surface area contributed by atoms with Crippen LogP contribution in [0.1, 0.15) is 26.2 Å². The molecule has 0 amide bonds. The van der Waals surface area contributed by atoms with Crippen molar-refractivity contribution in [3.8, 4) is 0 Å². The molecule has 0 spiro atoms. The fourth-order valence-electron chi connectivity index (χ4n) is 4.14. The molecule has 114 valence electrons. The van der Waals surface area contributed by atoms with Crippen molar-refractivity contribution in [2.45, 2.75) is 32.2 Å². The van der Waals surface area contributed by atoms with Gasteiger partial charge in [-0.15, -0.1) is 0 Å². The second kappa shape index (κ2) is 5.44. The van der Waals surface area contributed by atoms with Crippen LogP contribution < -0.4 is 5.32 Å². The minimum absolute atomic E-state index is 0.167. The third kappa shape index (κ3) is 2.59. The molecule has 2 bridgehead atoms. The number of nitrogens with zero attached hydrogens (tertiary/aromatic N) is 1. The highest BCUT2D eigenvalue weighted by molar-refractivity contribution is 6.29. The Bertz CT molecular complexity index is 569. The monoisotopic (exact) mass is 312 g/mol. The highest BCUT2D eigenvalue weighted by Gasteiger charge is 2.50. The predicted octanol–water partition coefficient (Wildman–Crippen LogP) is 3.42. The minimum Gasteiger partial charge on any atom is -0.481 e. The van der Waals surface area contributed by atoms with E-state index >= 15 is 0 Å². The summed E-state index contributed by atoms with van der Waals surface area (Å²) in [5, 5.41) is 12.8. The van der Waals surface area contributed by atoms with E-state index in [1.54, 1.807) is 0 Å². The van der Waals surface area contributed by atoms with Crippen LogP contribution in [0, 0.1) is 29.5 Å². The number of pyridine rings is 1. The molecule has 4 rings (SSSR count). The standard InChI is InChI=1S/C15H18ClFN2O2/c1-7-4-8-2-3-9(7)14(13(8)15(20)21)19-11-5-12(16)18-6-10(11)17/h5-9,13-14H,2-4H2,1H3,(H,18,19)(H,20,21). The third-order valence-corrected chi connectivity index (χ3v) is 5.27. The van der Waals surface area contributed by atoms with Gasteiger partial charge in [0.05, 0.1) is 17.8 Å². The minimum atomic E-state index is -0.797. The van der Waals surface area contributed by atoms with E-state index in [1.807, 2.05) is 0 Å². The Labute approximate surface area is 127 Å². The molecule has 3 aliphatic rings. The normalized spacial score (nSPS) is 34.7. The van der Waals surface area contributed by atoms with Gasteiger partial charge in [0.1, 0.15) is 5.15 Å². The molecule has 0 saturated heterocycles. The van der Waals surface area contributed by atoms with Gasteiger partial charge in [0.15, 0.2) is 5.82 Å². The largest absolute Gasteiger partial charge is 0.481 e. The Balaban J connectivity index is 1.91. The number of fused-ring (bicyclic) bond motifs is 3. The van der Waals surface area contributed by atoms with Crippen LogP contribution in [0.4, 0.5) is 10.1 Å². The van der Waals surface area contributed by atoms with Gasteiger partial charge in [0, 0.05) is 12.1 Å². The topological polar surface area (TPSA) is 62.2 Å². The molecule has 0 radical (unpaired) electrons. The molecular formula is C15H18ClFN2O2. The Morgan fingerprint density at radius 3 is 2.95 bits per heavy atom. The summed E-state index contributed by atoms with van der Waals surface area (Å²) in [6, 6.07) is 1.17. The van der Waals surface area contributed by atoms with Crippen LogP contribution in [0.3, 0.4) is 0 Å². The molecular weight excluding hydrogens is 295 g/mol. The molecule has 1 aromatic heterocycles. The zero-order chi connectivity index (χ0) is 15.1. The number of nitrogens with one attached hydrogen (secondary N) is 1. The van der Waals surface area contributed by atoms with Crippen molar-refractivity contribution in [2.24, 2.45) is 23.7 Å². The van der Waals surface area contributed by atoms with E-state index in [2.05, 4.69) is 17.2 Å². The number of aliphatic carboxylic acids is 1. The maximum absolute atomic E-state index is 13.9. The zero-order valence-corrected chi connectivity index (χ0v) is 12.5. The summed E-state index contributed by atoms with van der Waals surface area (Å²) in [5.41, 5.74) is 0.242. The molecule has 1 aromatic rings. The van der Waals surface area contributed by atoms with Crippen molar-refractivity contribution in [3.63, 3.8) is 0 Å². The first-order chi connectivity index (χ1) is 9.97. The number of carboxylic acid groups (broad SMARTS) is 1. The maximum atomic E-state index is 13.9. The fourth-order valence-corrected chi connectivity index (χ4v) is 4.29. The average Bonchev–Trinajstić information content (AvgIpc) is 2.42. The van der Waals surface area contributed by atoms with Crippen molar-refractivity contribution >= 4 is 23.3 Å². The molecule has 6 heteroatoms. The number of aromatic nitrogens is 1. The van der Waals surface area contributed by atoms with Crippen LogP contribution >= 0.6 is 11.6 Å². The Kier molecular flexibility index (Phi) is 3.78. The lowest BCUT2D eigenvalue weighted by Crippen LogP contribution is -2.54. The first kappa shape index (κ1) is 14.6. The summed E-state index contributed by atoms with van der Waals surface area (Å²) in [7, 11) is 0. The SMILES string of the molecule is CC1CC2CCC1C(Nc1cc(Cl)ncc1F)C2C(=O)O. The van der Waals surface area contributed by atoms with Gasteiger partial charge in [-0.1, -0.05) is 18.5 Å². The van der Waals surface area contributed by atoms with Gasteiger partial charge in [0.25, 0.3) is 0 Å². The van der Waals surface area contributed by atoms with Crippen LogP contribution in [-0.4, -0.2) is 22.1 Å². The zero-order valence-electron chi connectivity index (χ0n) is 11.7. The van der Waals surface area contributed by atoms with Crippen molar-refractivity contribution in [2.75, 3.05) is 5.32 Å². The van der Waals surface area contributed by atoms with Gasteiger partial charge in [-0.25, -0.2) is 9.37 Å². The van der Waals surface area contributed by atoms with E-state index in [4.69, 9.17) is 11.6 Å². The molecule has 2 N–H and O–H groups in total. The van der Waals surface area contributed by atoms with Gasteiger partial charge in [-0.05, 0) is 37.0 Å². The van der Waals surface area contributed by atoms with Gasteiger partial charge >= 0.3 is 5.97 Å². The molecule has 4 nitrogen and oxygen atoms in total. The molecule has 21 heavy (non-hydrogen) atoms. The number of anilines is 1. The third-order valence-electron chi connectivity index (χ3n) is 5.06. The van der Waals surface area contributed by atoms with Gasteiger partial charge in [-0.3, -0.25) is 4.79 Å². The van der Waals surface area contributed by atoms with E-state index in [1.165, 1.54) is 6.07 Å². The van der Waals surface area contributed by atoms with Gasteiger partial charge in [0.2, 0.25) is 0 Å². The van der Waals surface area contributed by atoms with Crippen molar-refractivity contribution < 1.29 is 14.3 Å². The summed E-state index contributed by atoms with van der Waals surface area (Å²) in [5.74, 6) is -0.890. The lowest BCUT2D eigenvalue weighted by atomic mass is 9.57. The molecule has 3 saturated carbocycles. The second-order valence-electron chi connectivity index (χ2n) is 6.24. The van der Waals surface area contributed by atoms with Crippen LogP contribution in [0.25, 0.3) is 0 Å². The molecule has 0 aromatic carbocycles. The number of hydrogen-bond acceptors (Lipinski definition) is 3. The lowest BCUT2D eigenvalue weighted by molar-refractivity contribution is -0.149. The fraction of sp³-hybridized carbons (Fsp3) is 0.600. The molecule has 5 unspecified atom stereocenters. The smallest absolute Gasteiger partial charge is 0.308 e. The van der Waals surface area contributed by atoms with E-state index in [0.29, 0.717) is 5.92 Å². The quantitative estimate of drug-likeness (QED) is 0.840. The summed E-state index contributed by atoms with van der Waals surface area (Å²) in [6.07, 6.45) is 3.95. The molecule has 0 aliphatic heterocycles. The number of hydrogen-bond donors (Lipinski definition) is 2. The first-order valence-corrected chi connectivity index (χ1v) is 7.65. The highest BCUT2D eigenvalue weighted by Crippen LogP contribution is 2.49. The molecule has 5 atom stereocenters. The summed E-state index contributed by atoms with van der Waals surface area (Å²) < 4.78 is 13.9. The first-order valence-electron chi connectivity index (χ1n) is 7.27. The van der Waals surface area contributed by atoms with Crippen LogP contribution in [0.5, 0.6) is 0 Å². The van der Waals surface area contributed by atoms with Crippen LogP contribution in [0.15, 0.2) is 12.3 Å². The highest BCUT2D eigenvalue weighted by atomic mass is 35.5. The van der Waals surface area contributed by atoms with Crippen LogP contribution in [0.2, 0.25) is 5.15 Å². The Morgan fingerprint density at radius 1 is 1.52 bits per heavy atom. The van der Waals surface area contributed by atoms with Crippen LogP contribution in [-0.2, 0) is 4.79 Å². The molecule has 3 aliphatic carbocycles. The number of rotatable bonds is 3. The average molecular weight is 313 g/mol. The molecule has 3 fully saturated rings.